The molecule has 0 saturated carbocycles. The summed E-state index contributed by atoms with van der Waals surface area (Å²) in [5.74, 6) is 0. The van der Waals surface area contributed by atoms with E-state index in [1.165, 1.54) is 6.08 Å². The van der Waals surface area contributed by atoms with Crippen molar-refractivity contribution >= 4 is 0 Å². The fraction of sp³-hybridized carbons (Fsp3) is 0.800. The monoisotopic (exact) mass is 172 g/mol. The van der Waals surface area contributed by atoms with Gasteiger partial charge in [-0.1, -0.05) is 13.0 Å². The number of hydrogen-bond donors (Lipinski definition) is 2. The van der Waals surface area contributed by atoms with Gasteiger partial charge in [0.1, 0.15) is 0 Å². The van der Waals surface area contributed by atoms with E-state index in [-0.39, 0.29) is 0 Å². The topological polar surface area (TPSA) is 40.5 Å². The summed E-state index contributed by atoms with van der Waals surface area (Å²) in [4.78, 5) is 0. The zero-order valence-electron chi connectivity index (χ0n) is 8.30. The van der Waals surface area contributed by atoms with Crippen LogP contribution >= 0.6 is 0 Å². The lowest BCUT2D eigenvalue weighted by atomic mass is 9.90. The molecule has 2 N–H and O–H groups in total. The van der Waals surface area contributed by atoms with E-state index in [0.717, 1.165) is 0 Å². The summed E-state index contributed by atoms with van der Waals surface area (Å²) < 4.78 is 0. The van der Waals surface area contributed by atoms with Gasteiger partial charge in [-0.25, -0.2) is 0 Å². The minimum absolute atomic E-state index is 0.553. The molecule has 0 rings (SSSR count). The molecule has 2 nitrogen and oxygen atoms in total. The molecule has 72 valence electrons. The molecule has 0 bridgehead atoms. The van der Waals surface area contributed by atoms with E-state index in [4.69, 9.17) is 0 Å². The molecule has 0 fully saturated rings. The average molecular weight is 172 g/mol. The summed E-state index contributed by atoms with van der Waals surface area (Å²) in [5.41, 5.74) is -1.51. The molecule has 2 atom stereocenters. The van der Waals surface area contributed by atoms with Gasteiger partial charge in [0.05, 0.1) is 11.2 Å². The van der Waals surface area contributed by atoms with Crippen LogP contribution in [0.25, 0.3) is 0 Å². The molecule has 0 aromatic heterocycles. The smallest absolute Gasteiger partial charge is 0.0798 e. The molecule has 0 spiro atoms. The van der Waals surface area contributed by atoms with Crippen molar-refractivity contribution in [2.75, 3.05) is 0 Å². The van der Waals surface area contributed by atoms with E-state index in [1.807, 2.05) is 6.92 Å². The predicted molar refractivity (Wildman–Crippen MR) is 51.0 cm³/mol. The van der Waals surface area contributed by atoms with Gasteiger partial charge in [0.15, 0.2) is 0 Å². The molecular formula is C10H20O2. The maximum atomic E-state index is 9.64. The van der Waals surface area contributed by atoms with Crippen LogP contribution in [0.15, 0.2) is 12.7 Å². The molecule has 2 heteroatoms. The average Bonchev–Trinajstić information content (AvgIpc) is 2.02. The van der Waals surface area contributed by atoms with Gasteiger partial charge in [-0.3, -0.25) is 0 Å². The highest BCUT2D eigenvalue weighted by molar-refractivity contribution is 4.92. The van der Waals surface area contributed by atoms with Gasteiger partial charge in [-0.15, -0.1) is 6.58 Å². The predicted octanol–water partition coefficient (Wildman–Crippen LogP) is 1.86. The highest BCUT2D eigenvalue weighted by Crippen LogP contribution is 2.22. The summed E-state index contributed by atoms with van der Waals surface area (Å²) in [5, 5.41) is 19.2. The van der Waals surface area contributed by atoms with Crippen molar-refractivity contribution < 1.29 is 10.2 Å². The fourth-order valence-corrected chi connectivity index (χ4v) is 0.801. The van der Waals surface area contributed by atoms with E-state index < -0.39 is 11.2 Å². The van der Waals surface area contributed by atoms with Crippen LogP contribution < -0.4 is 0 Å². The molecular weight excluding hydrogens is 152 g/mol. The summed E-state index contributed by atoms with van der Waals surface area (Å²) in [6, 6.07) is 0. The zero-order chi connectivity index (χ0) is 9.83. The van der Waals surface area contributed by atoms with Crippen molar-refractivity contribution in [3.8, 4) is 0 Å². The summed E-state index contributed by atoms with van der Waals surface area (Å²) in [6.07, 6.45) is 3.37. The first-order chi connectivity index (χ1) is 5.33. The Morgan fingerprint density at radius 3 is 2.08 bits per heavy atom. The minimum Gasteiger partial charge on any atom is -0.390 e. The van der Waals surface area contributed by atoms with Crippen molar-refractivity contribution in [1.82, 2.24) is 0 Å². The Balaban J connectivity index is 3.90. The van der Waals surface area contributed by atoms with Crippen molar-refractivity contribution in [3.05, 3.63) is 12.7 Å². The van der Waals surface area contributed by atoms with Crippen molar-refractivity contribution in [2.24, 2.45) is 0 Å². The van der Waals surface area contributed by atoms with E-state index >= 15 is 0 Å². The van der Waals surface area contributed by atoms with E-state index in [0.29, 0.717) is 19.3 Å². The lowest BCUT2D eigenvalue weighted by Gasteiger charge is -2.26. The first kappa shape index (κ1) is 11.7. The van der Waals surface area contributed by atoms with Crippen LogP contribution in [0.1, 0.15) is 40.0 Å². The molecule has 0 radical (unpaired) electrons. The van der Waals surface area contributed by atoms with Gasteiger partial charge in [-0.2, -0.15) is 0 Å². The zero-order valence-corrected chi connectivity index (χ0v) is 8.30. The first-order valence-corrected chi connectivity index (χ1v) is 4.41. The van der Waals surface area contributed by atoms with Gasteiger partial charge in [0, 0.05) is 0 Å². The van der Waals surface area contributed by atoms with Crippen LogP contribution in [0.2, 0.25) is 0 Å². The minimum atomic E-state index is -0.848. The Kier molecular flexibility index (Phi) is 3.94. The van der Waals surface area contributed by atoms with Gasteiger partial charge >= 0.3 is 0 Å². The van der Waals surface area contributed by atoms with Crippen LogP contribution in [0.5, 0.6) is 0 Å². The van der Waals surface area contributed by atoms with Crippen LogP contribution in [0.3, 0.4) is 0 Å². The Bertz CT molecular complexity index is 148. The number of rotatable bonds is 5. The highest BCUT2D eigenvalue weighted by atomic mass is 16.3. The Labute approximate surface area is 74.9 Å². The molecule has 0 aromatic carbocycles. The number of hydrogen-bond acceptors (Lipinski definition) is 2. The van der Waals surface area contributed by atoms with Crippen LogP contribution in [-0.2, 0) is 0 Å². The third kappa shape index (κ3) is 4.52. The van der Waals surface area contributed by atoms with E-state index in [9.17, 15) is 10.2 Å². The van der Waals surface area contributed by atoms with E-state index in [1.54, 1.807) is 13.8 Å². The Morgan fingerprint density at radius 2 is 1.75 bits per heavy atom. The van der Waals surface area contributed by atoms with Crippen LogP contribution in [-0.4, -0.2) is 21.4 Å². The summed E-state index contributed by atoms with van der Waals surface area (Å²) >= 11 is 0. The lowest BCUT2D eigenvalue weighted by molar-refractivity contribution is 0.0148. The first-order valence-electron chi connectivity index (χ1n) is 4.41. The standard InChI is InChI=1S/C10H20O2/c1-5-9(3,11)7-8-10(4,12)6-2/h5,11-12H,1,6-8H2,2-4H3. The molecule has 0 aliphatic heterocycles. The molecule has 0 amide bonds. The second kappa shape index (κ2) is 4.06. The third-order valence-corrected chi connectivity index (χ3v) is 2.37. The van der Waals surface area contributed by atoms with Crippen molar-refractivity contribution in [2.45, 2.75) is 51.2 Å². The normalized spacial score (nSPS) is 21.1. The van der Waals surface area contributed by atoms with Crippen molar-refractivity contribution in [1.29, 1.82) is 0 Å². The summed E-state index contributed by atoms with van der Waals surface area (Å²) in [7, 11) is 0. The second-order valence-electron chi connectivity index (χ2n) is 3.91. The Morgan fingerprint density at radius 1 is 1.25 bits per heavy atom. The molecule has 0 aliphatic rings. The SMILES string of the molecule is C=CC(C)(O)CCC(C)(O)CC. The molecule has 12 heavy (non-hydrogen) atoms. The molecule has 2 unspecified atom stereocenters. The highest BCUT2D eigenvalue weighted by Gasteiger charge is 2.23. The maximum absolute atomic E-state index is 9.64. The van der Waals surface area contributed by atoms with Gasteiger partial charge in [0.25, 0.3) is 0 Å². The van der Waals surface area contributed by atoms with Crippen LogP contribution in [0, 0.1) is 0 Å². The van der Waals surface area contributed by atoms with Gasteiger partial charge < -0.3 is 10.2 Å². The Hall–Kier alpha value is -0.340. The summed E-state index contributed by atoms with van der Waals surface area (Å²) in [6.45, 7) is 8.94. The second-order valence-corrected chi connectivity index (χ2v) is 3.91. The number of aliphatic hydroxyl groups is 2. The van der Waals surface area contributed by atoms with Crippen molar-refractivity contribution in [3.63, 3.8) is 0 Å². The van der Waals surface area contributed by atoms with Gasteiger partial charge in [0.2, 0.25) is 0 Å². The third-order valence-electron chi connectivity index (χ3n) is 2.37. The maximum Gasteiger partial charge on any atom is 0.0798 e. The largest absolute Gasteiger partial charge is 0.390 e. The molecule has 0 saturated heterocycles. The molecule has 0 aliphatic carbocycles. The van der Waals surface area contributed by atoms with E-state index in [2.05, 4.69) is 6.58 Å². The van der Waals surface area contributed by atoms with Gasteiger partial charge in [-0.05, 0) is 33.1 Å². The fourth-order valence-electron chi connectivity index (χ4n) is 0.801. The lowest BCUT2D eigenvalue weighted by Crippen LogP contribution is -2.29. The molecule has 0 heterocycles. The molecule has 0 aromatic rings. The quantitative estimate of drug-likeness (QED) is 0.621. The van der Waals surface area contributed by atoms with Crippen LogP contribution in [0.4, 0.5) is 0 Å².